The molecule has 5 nitrogen and oxygen atoms in total. The molecule has 164 valence electrons. The Labute approximate surface area is 189 Å². The topological polar surface area (TPSA) is 66.5 Å². The van der Waals surface area contributed by atoms with Crippen molar-refractivity contribution in [3.63, 3.8) is 0 Å². The lowest BCUT2D eigenvalue weighted by molar-refractivity contribution is -0.119. The number of thiophene rings is 1. The van der Waals surface area contributed by atoms with Crippen molar-refractivity contribution in [1.29, 1.82) is 0 Å². The van der Waals surface area contributed by atoms with Gasteiger partial charge in [-0.05, 0) is 30.4 Å². The second-order valence-electron chi connectivity index (χ2n) is 7.50. The SMILES string of the molecule is O=C(Nc1cccc(-c2csc3ccccc23)c1F)[C@@H]1CCCCCN1S(=O)(=O)CCl. The second-order valence-corrected chi connectivity index (χ2v) is 10.9. The Morgan fingerprint density at radius 1 is 1.13 bits per heavy atom. The molecule has 1 amide bonds. The van der Waals surface area contributed by atoms with E-state index in [-0.39, 0.29) is 12.2 Å². The third-order valence-corrected chi connectivity index (χ3v) is 8.75. The van der Waals surface area contributed by atoms with Crippen LogP contribution in [0.5, 0.6) is 0 Å². The summed E-state index contributed by atoms with van der Waals surface area (Å²) in [6.07, 6.45) is 2.58. The fourth-order valence-electron chi connectivity index (χ4n) is 3.98. The predicted octanol–water partition coefficient (Wildman–Crippen LogP) is 5.42. The lowest BCUT2D eigenvalue weighted by atomic mass is 10.0. The molecule has 1 aliphatic heterocycles. The normalized spacial score (nSPS) is 18.1. The molecule has 4 rings (SSSR count). The van der Waals surface area contributed by atoms with Crippen molar-refractivity contribution in [2.45, 2.75) is 31.7 Å². The first-order valence-corrected chi connectivity index (χ1v) is 13.1. The summed E-state index contributed by atoms with van der Waals surface area (Å²) in [4.78, 5) is 13.0. The molecule has 9 heteroatoms. The first-order chi connectivity index (χ1) is 14.9. The van der Waals surface area contributed by atoms with Crippen molar-refractivity contribution < 1.29 is 17.6 Å². The summed E-state index contributed by atoms with van der Waals surface area (Å²) >= 11 is 7.17. The molecule has 0 aliphatic carbocycles. The van der Waals surface area contributed by atoms with E-state index in [4.69, 9.17) is 11.6 Å². The molecule has 0 radical (unpaired) electrons. The molecule has 3 aromatic rings. The highest BCUT2D eigenvalue weighted by molar-refractivity contribution is 7.90. The smallest absolute Gasteiger partial charge is 0.242 e. The van der Waals surface area contributed by atoms with Gasteiger partial charge in [-0.15, -0.1) is 22.9 Å². The molecule has 1 atom stereocenters. The number of sulfonamides is 1. The monoisotopic (exact) mass is 480 g/mol. The summed E-state index contributed by atoms with van der Waals surface area (Å²) in [7, 11) is -3.76. The maximum Gasteiger partial charge on any atom is 0.242 e. The molecule has 1 fully saturated rings. The minimum atomic E-state index is -3.76. The average molecular weight is 481 g/mol. The molecular weight excluding hydrogens is 459 g/mol. The van der Waals surface area contributed by atoms with Gasteiger partial charge in [-0.2, -0.15) is 4.31 Å². The molecule has 0 bridgehead atoms. The van der Waals surface area contributed by atoms with Gasteiger partial charge >= 0.3 is 0 Å². The first-order valence-electron chi connectivity index (χ1n) is 10.0. The van der Waals surface area contributed by atoms with Crippen LogP contribution in [0, 0.1) is 5.82 Å². The molecule has 1 aromatic heterocycles. The van der Waals surface area contributed by atoms with Crippen LogP contribution in [0.3, 0.4) is 0 Å². The van der Waals surface area contributed by atoms with Gasteiger partial charge in [0.05, 0.1) is 5.69 Å². The summed E-state index contributed by atoms with van der Waals surface area (Å²) in [5.74, 6) is -1.08. The van der Waals surface area contributed by atoms with Crippen molar-refractivity contribution in [2.24, 2.45) is 0 Å². The predicted molar refractivity (Wildman–Crippen MR) is 124 cm³/mol. The van der Waals surface area contributed by atoms with E-state index in [1.807, 2.05) is 29.6 Å². The highest BCUT2D eigenvalue weighted by Gasteiger charge is 2.35. The molecule has 2 heterocycles. The molecule has 1 N–H and O–H groups in total. The Bertz CT molecular complexity index is 1210. The van der Waals surface area contributed by atoms with Crippen LogP contribution in [0.4, 0.5) is 10.1 Å². The van der Waals surface area contributed by atoms with Gasteiger partial charge in [0, 0.05) is 27.8 Å². The molecule has 0 saturated carbocycles. The Morgan fingerprint density at radius 2 is 1.94 bits per heavy atom. The van der Waals surface area contributed by atoms with Gasteiger partial charge < -0.3 is 5.32 Å². The van der Waals surface area contributed by atoms with Crippen molar-refractivity contribution >= 4 is 54.6 Å². The summed E-state index contributed by atoms with van der Waals surface area (Å²) in [5, 5.41) is 4.87. The fraction of sp³-hybridized carbons (Fsp3) is 0.318. The third-order valence-electron chi connectivity index (χ3n) is 5.53. The minimum Gasteiger partial charge on any atom is -0.322 e. The average Bonchev–Trinajstić information content (AvgIpc) is 3.02. The summed E-state index contributed by atoms with van der Waals surface area (Å²) in [6.45, 7) is 0.233. The molecule has 0 unspecified atom stereocenters. The zero-order valence-electron chi connectivity index (χ0n) is 16.7. The number of alkyl halides is 1. The van der Waals surface area contributed by atoms with Crippen molar-refractivity contribution in [1.82, 2.24) is 4.31 Å². The van der Waals surface area contributed by atoms with E-state index < -0.39 is 33.0 Å². The van der Waals surface area contributed by atoms with Crippen LogP contribution in [0.1, 0.15) is 25.7 Å². The van der Waals surface area contributed by atoms with Crippen molar-refractivity contribution in [3.05, 3.63) is 53.7 Å². The largest absolute Gasteiger partial charge is 0.322 e. The number of carbonyl (C=O) groups excluding carboxylic acids is 1. The zero-order valence-corrected chi connectivity index (χ0v) is 19.1. The number of nitrogens with zero attached hydrogens (tertiary/aromatic N) is 1. The van der Waals surface area contributed by atoms with Gasteiger partial charge in [-0.25, -0.2) is 12.8 Å². The molecular formula is C22H22ClFN2O3S2. The number of hydrogen-bond acceptors (Lipinski definition) is 4. The summed E-state index contributed by atoms with van der Waals surface area (Å²) in [5.41, 5.74) is 1.18. The number of carbonyl (C=O) groups is 1. The van der Waals surface area contributed by atoms with Gasteiger partial charge in [-0.3, -0.25) is 4.79 Å². The molecule has 1 aliphatic rings. The summed E-state index contributed by atoms with van der Waals surface area (Å²) < 4.78 is 42.4. The van der Waals surface area contributed by atoms with Gasteiger partial charge in [0.15, 0.2) is 5.82 Å². The Balaban J connectivity index is 1.65. The van der Waals surface area contributed by atoms with E-state index >= 15 is 4.39 Å². The van der Waals surface area contributed by atoms with Crippen LogP contribution in [-0.4, -0.2) is 36.4 Å². The van der Waals surface area contributed by atoms with Crippen LogP contribution >= 0.6 is 22.9 Å². The third kappa shape index (κ3) is 4.48. The van der Waals surface area contributed by atoms with E-state index in [9.17, 15) is 13.2 Å². The molecule has 1 saturated heterocycles. The number of halogens is 2. The lowest BCUT2D eigenvalue weighted by Crippen LogP contribution is -2.47. The quantitative estimate of drug-likeness (QED) is 0.496. The first kappa shape index (κ1) is 22.2. The van der Waals surface area contributed by atoms with Gasteiger partial charge in [0.1, 0.15) is 11.3 Å². The number of amides is 1. The summed E-state index contributed by atoms with van der Waals surface area (Å²) in [6, 6.07) is 11.7. The van der Waals surface area contributed by atoms with E-state index in [0.717, 1.165) is 32.8 Å². The van der Waals surface area contributed by atoms with E-state index in [0.29, 0.717) is 18.4 Å². The van der Waals surface area contributed by atoms with Gasteiger partial charge in [-0.1, -0.05) is 43.2 Å². The van der Waals surface area contributed by atoms with Crippen LogP contribution in [-0.2, 0) is 14.8 Å². The van der Waals surface area contributed by atoms with E-state index in [1.165, 1.54) is 17.4 Å². The lowest BCUT2D eigenvalue weighted by Gasteiger charge is -2.27. The number of rotatable bonds is 5. The number of benzene rings is 2. The van der Waals surface area contributed by atoms with Crippen LogP contribution in [0.15, 0.2) is 47.8 Å². The van der Waals surface area contributed by atoms with Crippen molar-refractivity contribution in [2.75, 3.05) is 17.1 Å². The van der Waals surface area contributed by atoms with Gasteiger partial charge in [0.2, 0.25) is 15.9 Å². The fourth-order valence-corrected chi connectivity index (χ4v) is 6.44. The number of hydrogen-bond donors (Lipinski definition) is 1. The molecule has 2 aromatic carbocycles. The Hall–Kier alpha value is -2.00. The highest BCUT2D eigenvalue weighted by atomic mass is 35.5. The second kappa shape index (κ2) is 9.24. The maximum absolute atomic E-state index is 15.4. The Kier molecular flexibility index (Phi) is 6.62. The van der Waals surface area contributed by atoms with Crippen molar-refractivity contribution in [3.8, 4) is 11.1 Å². The van der Waals surface area contributed by atoms with Crippen LogP contribution in [0.2, 0.25) is 0 Å². The maximum atomic E-state index is 15.4. The number of anilines is 1. The molecule has 31 heavy (non-hydrogen) atoms. The minimum absolute atomic E-state index is 0.0326. The van der Waals surface area contributed by atoms with Gasteiger partial charge in [0.25, 0.3) is 0 Å². The standard InChI is InChI=1S/C22H22ClFN2O3S2/c23-14-31(28,29)26-12-5-1-2-10-19(26)22(27)25-18-9-6-8-16(21(18)24)17-13-30-20-11-4-3-7-15(17)20/h3-4,6-9,11,13,19H,1-2,5,10,12,14H2,(H,25,27)/t19-/m0/s1. The van der Waals surface area contributed by atoms with Crippen LogP contribution in [0.25, 0.3) is 21.2 Å². The van der Waals surface area contributed by atoms with E-state index in [1.54, 1.807) is 12.1 Å². The molecule has 0 spiro atoms. The van der Waals surface area contributed by atoms with Crippen LogP contribution < -0.4 is 5.32 Å². The Morgan fingerprint density at radius 3 is 2.74 bits per heavy atom. The van der Waals surface area contributed by atoms with E-state index in [2.05, 4.69) is 5.32 Å². The highest BCUT2D eigenvalue weighted by Crippen LogP contribution is 2.37. The number of nitrogens with one attached hydrogen (secondary N) is 1. The number of fused-ring (bicyclic) bond motifs is 1. The zero-order chi connectivity index (χ0) is 22.0.